The van der Waals surface area contributed by atoms with Gasteiger partial charge in [0, 0.05) is 6.04 Å². The lowest BCUT2D eigenvalue weighted by Gasteiger charge is -2.28. The smallest absolute Gasteiger partial charge is 0.0108 e. The van der Waals surface area contributed by atoms with Gasteiger partial charge >= 0.3 is 0 Å². The molecule has 0 aromatic rings. The van der Waals surface area contributed by atoms with Crippen molar-refractivity contribution in [1.29, 1.82) is 0 Å². The molecule has 0 amide bonds. The summed E-state index contributed by atoms with van der Waals surface area (Å²) in [6, 6.07) is 0.836. The van der Waals surface area contributed by atoms with Crippen molar-refractivity contribution in [1.82, 2.24) is 10.6 Å². The van der Waals surface area contributed by atoms with E-state index in [0.717, 1.165) is 12.0 Å². The van der Waals surface area contributed by atoms with Crippen LogP contribution < -0.4 is 10.6 Å². The first-order valence-electron chi connectivity index (χ1n) is 4.91. The number of hydrogen-bond donors (Lipinski definition) is 2. The van der Waals surface area contributed by atoms with Crippen LogP contribution in [0.25, 0.3) is 0 Å². The summed E-state index contributed by atoms with van der Waals surface area (Å²) in [7, 11) is 0. The largest absolute Gasteiger partial charge is 0.316 e. The molecule has 0 aromatic heterocycles. The van der Waals surface area contributed by atoms with Crippen LogP contribution in [-0.2, 0) is 0 Å². The number of rotatable bonds is 1. The van der Waals surface area contributed by atoms with Gasteiger partial charge in [-0.2, -0.15) is 0 Å². The average Bonchev–Trinajstić information content (AvgIpc) is 2.58. The van der Waals surface area contributed by atoms with Gasteiger partial charge in [0.05, 0.1) is 0 Å². The van der Waals surface area contributed by atoms with Crippen molar-refractivity contribution in [3.8, 4) is 0 Å². The first-order valence-corrected chi connectivity index (χ1v) is 4.91. The second kappa shape index (κ2) is 6.88. The van der Waals surface area contributed by atoms with Crippen molar-refractivity contribution in [3.05, 3.63) is 0 Å². The molecule has 4 heteroatoms. The van der Waals surface area contributed by atoms with E-state index in [0.29, 0.717) is 0 Å². The molecule has 2 atom stereocenters. The highest BCUT2D eigenvalue weighted by Gasteiger charge is 2.25. The van der Waals surface area contributed by atoms with Crippen LogP contribution in [0, 0.1) is 5.92 Å². The molecule has 0 bridgehead atoms. The Bertz CT molecular complexity index is 121. The molecule has 2 aliphatic rings. The summed E-state index contributed by atoms with van der Waals surface area (Å²) >= 11 is 0. The van der Waals surface area contributed by atoms with Gasteiger partial charge in [0.25, 0.3) is 0 Å². The lowest BCUT2D eigenvalue weighted by atomic mass is 9.91. The molecule has 2 N–H and O–H groups in total. The summed E-state index contributed by atoms with van der Waals surface area (Å²) < 4.78 is 0. The number of halogens is 2. The maximum absolute atomic E-state index is 3.59. The zero-order valence-electron chi connectivity index (χ0n) is 7.92. The Balaban J connectivity index is 0.000000720. The lowest BCUT2D eigenvalue weighted by molar-refractivity contribution is 0.304. The van der Waals surface area contributed by atoms with E-state index >= 15 is 0 Å². The van der Waals surface area contributed by atoms with Crippen molar-refractivity contribution < 1.29 is 0 Å². The van der Waals surface area contributed by atoms with Crippen molar-refractivity contribution >= 4 is 24.8 Å². The molecule has 13 heavy (non-hydrogen) atoms. The van der Waals surface area contributed by atoms with Crippen LogP contribution in [0.5, 0.6) is 0 Å². The van der Waals surface area contributed by atoms with Gasteiger partial charge in [-0.05, 0) is 51.2 Å². The maximum atomic E-state index is 3.59. The summed E-state index contributed by atoms with van der Waals surface area (Å²) in [6.45, 7) is 3.74. The highest BCUT2D eigenvalue weighted by molar-refractivity contribution is 5.85. The molecule has 2 fully saturated rings. The van der Waals surface area contributed by atoms with E-state index < -0.39 is 0 Å². The number of nitrogens with one attached hydrogen (secondary N) is 2. The van der Waals surface area contributed by atoms with Gasteiger partial charge in [-0.25, -0.2) is 0 Å². The lowest BCUT2D eigenvalue weighted by Crippen LogP contribution is -2.40. The molecule has 0 saturated carbocycles. The molecule has 0 aliphatic carbocycles. The van der Waals surface area contributed by atoms with Gasteiger partial charge in [0.15, 0.2) is 0 Å². The van der Waals surface area contributed by atoms with Gasteiger partial charge in [0.2, 0.25) is 0 Å². The van der Waals surface area contributed by atoms with E-state index in [-0.39, 0.29) is 24.8 Å². The van der Waals surface area contributed by atoms with E-state index in [1.54, 1.807) is 0 Å². The van der Waals surface area contributed by atoms with Gasteiger partial charge in [0.1, 0.15) is 0 Å². The average molecular weight is 227 g/mol. The predicted molar refractivity (Wildman–Crippen MR) is 61.1 cm³/mol. The zero-order chi connectivity index (χ0) is 7.52. The van der Waals surface area contributed by atoms with Crippen LogP contribution in [-0.4, -0.2) is 25.7 Å². The van der Waals surface area contributed by atoms with Gasteiger partial charge in [-0.3, -0.25) is 0 Å². The highest BCUT2D eigenvalue weighted by atomic mass is 35.5. The summed E-state index contributed by atoms with van der Waals surface area (Å²) in [5, 5.41) is 7.06. The standard InChI is InChI=1S/C9H18N2.2ClH/c1-3-8(7-10-5-1)9-4-2-6-11-9;;/h8-11H,1-7H2;2*1H. The minimum Gasteiger partial charge on any atom is -0.316 e. The minimum absolute atomic E-state index is 0. The number of hydrogen-bond acceptors (Lipinski definition) is 2. The summed E-state index contributed by atoms with van der Waals surface area (Å²) in [6.07, 6.45) is 5.61. The maximum Gasteiger partial charge on any atom is 0.0108 e. The van der Waals surface area contributed by atoms with E-state index in [2.05, 4.69) is 10.6 Å². The van der Waals surface area contributed by atoms with Crippen molar-refractivity contribution in [2.24, 2.45) is 5.92 Å². The third kappa shape index (κ3) is 3.62. The molecule has 0 aromatic carbocycles. The molecule has 2 heterocycles. The molecule has 0 radical (unpaired) electrons. The molecule has 2 unspecified atom stereocenters. The van der Waals surface area contributed by atoms with Crippen LogP contribution in [0.4, 0.5) is 0 Å². The topological polar surface area (TPSA) is 24.1 Å². The van der Waals surface area contributed by atoms with Crippen molar-refractivity contribution in [3.63, 3.8) is 0 Å². The molecule has 2 saturated heterocycles. The SMILES string of the molecule is C1CNCC(C2CCCN2)C1.Cl.Cl. The Kier molecular flexibility index (Phi) is 7.15. The van der Waals surface area contributed by atoms with Crippen LogP contribution in [0.1, 0.15) is 25.7 Å². The Morgan fingerprint density at radius 2 is 1.69 bits per heavy atom. The normalized spacial score (nSPS) is 33.2. The third-order valence-electron chi connectivity index (χ3n) is 3.00. The Labute approximate surface area is 93.1 Å². The molecule has 80 valence electrons. The second-order valence-electron chi connectivity index (χ2n) is 3.81. The molecule has 2 aliphatic heterocycles. The van der Waals surface area contributed by atoms with Crippen LogP contribution >= 0.6 is 24.8 Å². The zero-order valence-corrected chi connectivity index (χ0v) is 9.55. The van der Waals surface area contributed by atoms with Gasteiger partial charge < -0.3 is 10.6 Å². The molecule has 2 nitrogen and oxygen atoms in total. The monoisotopic (exact) mass is 226 g/mol. The van der Waals surface area contributed by atoms with E-state index in [9.17, 15) is 0 Å². The van der Waals surface area contributed by atoms with Crippen LogP contribution in [0.3, 0.4) is 0 Å². The fourth-order valence-electron chi connectivity index (χ4n) is 2.34. The predicted octanol–water partition coefficient (Wildman–Crippen LogP) is 1.58. The Morgan fingerprint density at radius 1 is 0.923 bits per heavy atom. The van der Waals surface area contributed by atoms with Gasteiger partial charge in [-0.1, -0.05) is 0 Å². The van der Waals surface area contributed by atoms with E-state index in [1.165, 1.54) is 45.3 Å². The van der Waals surface area contributed by atoms with Crippen molar-refractivity contribution in [2.75, 3.05) is 19.6 Å². The fourth-order valence-corrected chi connectivity index (χ4v) is 2.34. The molecule has 0 spiro atoms. The summed E-state index contributed by atoms with van der Waals surface area (Å²) in [4.78, 5) is 0. The highest BCUT2D eigenvalue weighted by Crippen LogP contribution is 2.20. The summed E-state index contributed by atoms with van der Waals surface area (Å²) in [5.41, 5.74) is 0. The first kappa shape index (κ1) is 13.5. The van der Waals surface area contributed by atoms with Crippen molar-refractivity contribution in [2.45, 2.75) is 31.7 Å². The first-order chi connectivity index (χ1) is 5.47. The van der Waals surface area contributed by atoms with E-state index in [4.69, 9.17) is 0 Å². The van der Waals surface area contributed by atoms with Gasteiger partial charge in [-0.15, -0.1) is 24.8 Å². The Hall–Kier alpha value is 0.500. The molecule has 2 rings (SSSR count). The molecular weight excluding hydrogens is 207 g/mol. The van der Waals surface area contributed by atoms with Crippen LogP contribution in [0.2, 0.25) is 0 Å². The quantitative estimate of drug-likeness (QED) is 0.710. The third-order valence-corrected chi connectivity index (χ3v) is 3.00. The molecular formula is C9H20Cl2N2. The minimum atomic E-state index is 0. The Morgan fingerprint density at radius 3 is 2.23 bits per heavy atom. The van der Waals surface area contributed by atoms with E-state index in [1.807, 2.05) is 0 Å². The summed E-state index contributed by atoms with van der Waals surface area (Å²) in [5.74, 6) is 0.922. The van der Waals surface area contributed by atoms with Crippen LogP contribution in [0.15, 0.2) is 0 Å². The second-order valence-corrected chi connectivity index (χ2v) is 3.81. The fraction of sp³-hybridized carbons (Fsp3) is 1.00. The number of piperidine rings is 1.